The number of hydrogen-bond acceptors (Lipinski definition) is 4. The number of halogens is 1. The van der Waals surface area contributed by atoms with Crippen molar-refractivity contribution < 1.29 is 14.6 Å². The van der Waals surface area contributed by atoms with Crippen LogP contribution in [0.15, 0.2) is 24.3 Å². The van der Waals surface area contributed by atoms with Gasteiger partial charge in [-0.1, -0.05) is 23.7 Å². The van der Waals surface area contributed by atoms with Gasteiger partial charge in [-0.2, -0.15) is 0 Å². The van der Waals surface area contributed by atoms with Gasteiger partial charge in [0.1, 0.15) is 0 Å². The summed E-state index contributed by atoms with van der Waals surface area (Å²) in [6.45, 7) is 3.03. The SMILES string of the molecule is O=C(CN1CCOCC1)NC(CO)c1ccc(Cl)cc1. The van der Waals surface area contributed by atoms with Crippen molar-refractivity contribution in [2.45, 2.75) is 6.04 Å². The summed E-state index contributed by atoms with van der Waals surface area (Å²) in [7, 11) is 0. The Morgan fingerprint density at radius 3 is 2.60 bits per heavy atom. The number of nitrogens with zero attached hydrogens (tertiary/aromatic N) is 1. The van der Waals surface area contributed by atoms with Crippen LogP contribution in [0.3, 0.4) is 0 Å². The number of ether oxygens (including phenoxy) is 1. The van der Waals surface area contributed by atoms with Gasteiger partial charge in [-0.3, -0.25) is 9.69 Å². The Morgan fingerprint density at radius 2 is 2.00 bits per heavy atom. The third kappa shape index (κ3) is 4.45. The van der Waals surface area contributed by atoms with Crippen LogP contribution in [0.4, 0.5) is 0 Å². The van der Waals surface area contributed by atoms with Crippen molar-refractivity contribution in [2.24, 2.45) is 0 Å². The molecule has 1 aliphatic rings. The molecule has 1 unspecified atom stereocenters. The molecule has 0 saturated carbocycles. The molecule has 0 aromatic heterocycles. The smallest absolute Gasteiger partial charge is 0.234 e. The van der Waals surface area contributed by atoms with E-state index >= 15 is 0 Å². The molecule has 2 rings (SSSR count). The van der Waals surface area contributed by atoms with E-state index in [0.29, 0.717) is 24.8 Å². The number of aliphatic hydroxyl groups excluding tert-OH is 1. The van der Waals surface area contributed by atoms with Gasteiger partial charge >= 0.3 is 0 Å². The summed E-state index contributed by atoms with van der Waals surface area (Å²) in [6, 6.07) is 6.69. The zero-order valence-electron chi connectivity index (χ0n) is 11.2. The third-order valence-corrected chi connectivity index (χ3v) is 3.51. The van der Waals surface area contributed by atoms with Gasteiger partial charge in [0.25, 0.3) is 0 Å². The molecule has 1 aromatic carbocycles. The maximum atomic E-state index is 12.0. The van der Waals surface area contributed by atoms with E-state index < -0.39 is 6.04 Å². The van der Waals surface area contributed by atoms with Crippen LogP contribution in [-0.2, 0) is 9.53 Å². The minimum absolute atomic E-state index is 0.0964. The fourth-order valence-corrected chi connectivity index (χ4v) is 2.26. The predicted molar refractivity (Wildman–Crippen MR) is 76.7 cm³/mol. The lowest BCUT2D eigenvalue weighted by molar-refractivity contribution is -0.124. The first-order valence-electron chi connectivity index (χ1n) is 6.65. The Balaban J connectivity index is 1.88. The number of amides is 1. The fraction of sp³-hybridized carbons (Fsp3) is 0.500. The van der Waals surface area contributed by atoms with Gasteiger partial charge in [-0.15, -0.1) is 0 Å². The molecule has 5 nitrogen and oxygen atoms in total. The molecule has 0 bridgehead atoms. The van der Waals surface area contributed by atoms with Gasteiger partial charge < -0.3 is 15.2 Å². The van der Waals surface area contributed by atoms with Crippen molar-refractivity contribution in [1.82, 2.24) is 10.2 Å². The van der Waals surface area contributed by atoms with E-state index in [1.54, 1.807) is 24.3 Å². The summed E-state index contributed by atoms with van der Waals surface area (Å²) >= 11 is 5.83. The van der Waals surface area contributed by atoms with Gasteiger partial charge in [0.2, 0.25) is 5.91 Å². The summed E-state index contributed by atoms with van der Waals surface area (Å²) in [5.74, 6) is -0.0964. The Hall–Kier alpha value is -1.14. The molecule has 2 N–H and O–H groups in total. The van der Waals surface area contributed by atoms with Gasteiger partial charge in [-0.25, -0.2) is 0 Å². The first kappa shape index (κ1) is 15.3. The highest BCUT2D eigenvalue weighted by Crippen LogP contribution is 2.16. The second kappa shape index (κ2) is 7.59. The Labute approximate surface area is 123 Å². The molecule has 1 saturated heterocycles. The van der Waals surface area contributed by atoms with Crippen molar-refractivity contribution in [1.29, 1.82) is 0 Å². The molecule has 1 fully saturated rings. The van der Waals surface area contributed by atoms with E-state index in [9.17, 15) is 9.90 Å². The molecule has 1 atom stereocenters. The molecule has 0 radical (unpaired) electrons. The van der Waals surface area contributed by atoms with Crippen LogP contribution in [0.5, 0.6) is 0 Å². The van der Waals surface area contributed by atoms with Gasteiger partial charge in [-0.05, 0) is 17.7 Å². The van der Waals surface area contributed by atoms with E-state index in [-0.39, 0.29) is 12.5 Å². The topological polar surface area (TPSA) is 61.8 Å². The van der Waals surface area contributed by atoms with Gasteiger partial charge in [0, 0.05) is 18.1 Å². The highest BCUT2D eigenvalue weighted by atomic mass is 35.5. The monoisotopic (exact) mass is 298 g/mol. The number of carbonyl (C=O) groups excluding carboxylic acids is 1. The number of benzene rings is 1. The summed E-state index contributed by atoms with van der Waals surface area (Å²) in [6.07, 6.45) is 0. The quantitative estimate of drug-likeness (QED) is 0.845. The van der Waals surface area contributed by atoms with E-state index in [2.05, 4.69) is 5.32 Å². The van der Waals surface area contributed by atoms with Crippen molar-refractivity contribution >= 4 is 17.5 Å². The summed E-state index contributed by atoms with van der Waals surface area (Å²) in [4.78, 5) is 14.0. The zero-order valence-corrected chi connectivity index (χ0v) is 12.0. The molecule has 0 aliphatic carbocycles. The Morgan fingerprint density at radius 1 is 1.35 bits per heavy atom. The third-order valence-electron chi connectivity index (χ3n) is 3.26. The second-order valence-corrected chi connectivity index (χ2v) is 5.18. The molecule has 0 spiro atoms. The molecule has 1 amide bonds. The summed E-state index contributed by atoms with van der Waals surface area (Å²) < 4.78 is 5.24. The average molecular weight is 299 g/mol. The number of carbonyl (C=O) groups is 1. The van der Waals surface area contributed by atoms with Gasteiger partial charge in [0.15, 0.2) is 0 Å². The lowest BCUT2D eigenvalue weighted by atomic mass is 10.1. The zero-order chi connectivity index (χ0) is 14.4. The van der Waals surface area contributed by atoms with Crippen LogP contribution < -0.4 is 5.32 Å². The Kier molecular flexibility index (Phi) is 5.79. The number of morpholine rings is 1. The lowest BCUT2D eigenvalue weighted by Gasteiger charge is -2.26. The van der Waals surface area contributed by atoms with Crippen LogP contribution in [0.2, 0.25) is 5.02 Å². The molecule has 110 valence electrons. The minimum atomic E-state index is -0.402. The molecule has 1 aliphatic heterocycles. The maximum absolute atomic E-state index is 12.0. The predicted octanol–water partition coefficient (Wildman–Crippen LogP) is 0.822. The number of nitrogens with one attached hydrogen (secondary N) is 1. The van der Waals surface area contributed by atoms with Crippen molar-refractivity contribution in [3.05, 3.63) is 34.9 Å². The number of aliphatic hydroxyl groups is 1. The maximum Gasteiger partial charge on any atom is 0.234 e. The second-order valence-electron chi connectivity index (χ2n) is 4.74. The van der Waals surface area contributed by atoms with E-state index in [1.165, 1.54) is 0 Å². The van der Waals surface area contributed by atoms with Crippen LogP contribution in [0, 0.1) is 0 Å². The minimum Gasteiger partial charge on any atom is -0.394 e. The molecule has 1 heterocycles. The largest absolute Gasteiger partial charge is 0.394 e. The average Bonchev–Trinajstić information content (AvgIpc) is 2.47. The highest BCUT2D eigenvalue weighted by molar-refractivity contribution is 6.30. The van der Waals surface area contributed by atoms with Crippen LogP contribution in [0.25, 0.3) is 0 Å². The summed E-state index contributed by atoms with van der Waals surface area (Å²) in [5.41, 5.74) is 0.840. The lowest BCUT2D eigenvalue weighted by Crippen LogP contribution is -2.44. The van der Waals surface area contributed by atoms with E-state index in [1.807, 2.05) is 4.90 Å². The van der Waals surface area contributed by atoms with Crippen molar-refractivity contribution in [3.8, 4) is 0 Å². The first-order valence-corrected chi connectivity index (χ1v) is 7.02. The first-order chi connectivity index (χ1) is 9.69. The van der Waals surface area contributed by atoms with E-state index in [0.717, 1.165) is 18.7 Å². The number of hydrogen-bond donors (Lipinski definition) is 2. The molecular formula is C14H19ClN2O3. The fourth-order valence-electron chi connectivity index (χ4n) is 2.13. The Bertz CT molecular complexity index is 433. The van der Waals surface area contributed by atoms with Crippen molar-refractivity contribution in [3.63, 3.8) is 0 Å². The summed E-state index contributed by atoms with van der Waals surface area (Å²) in [5, 5.41) is 12.9. The van der Waals surface area contributed by atoms with Crippen LogP contribution in [-0.4, -0.2) is 55.4 Å². The normalized spacial score (nSPS) is 17.7. The van der Waals surface area contributed by atoms with Crippen molar-refractivity contribution in [2.75, 3.05) is 39.5 Å². The molecule has 20 heavy (non-hydrogen) atoms. The molecular weight excluding hydrogens is 280 g/mol. The van der Waals surface area contributed by atoms with Crippen LogP contribution in [0.1, 0.15) is 11.6 Å². The highest BCUT2D eigenvalue weighted by Gasteiger charge is 2.17. The van der Waals surface area contributed by atoms with Gasteiger partial charge in [0.05, 0.1) is 32.4 Å². The van der Waals surface area contributed by atoms with E-state index in [4.69, 9.17) is 16.3 Å². The molecule has 1 aromatic rings. The standard InChI is InChI=1S/C14H19ClN2O3/c15-12-3-1-11(2-4-12)13(10-18)16-14(19)9-17-5-7-20-8-6-17/h1-4,13,18H,5-10H2,(H,16,19). The molecule has 6 heteroatoms. The van der Waals surface area contributed by atoms with Crippen LogP contribution >= 0.6 is 11.6 Å². The number of rotatable bonds is 5.